The van der Waals surface area contributed by atoms with Crippen LogP contribution < -0.4 is 5.32 Å². The number of nitrogens with zero attached hydrogens (tertiary/aromatic N) is 1. The van der Waals surface area contributed by atoms with Crippen LogP contribution in [0.4, 0.5) is 0 Å². The maximum absolute atomic E-state index is 12.3. The average molecular weight is 274 g/mol. The molecule has 3 rings (SSSR count). The first-order valence-electron chi connectivity index (χ1n) is 6.91. The highest BCUT2D eigenvalue weighted by molar-refractivity contribution is 5.90. The van der Waals surface area contributed by atoms with Crippen molar-refractivity contribution in [2.45, 2.75) is 32.1 Å². The van der Waals surface area contributed by atoms with E-state index in [1.54, 1.807) is 18.4 Å². The van der Waals surface area contributed by atoms with Crippen LogP contribution in [0.15, 0.2) is 33.4 Å². The molecule has 1 aliphatic rings. The van der Waals surface area contributed by atoms with E-state index < -0.39 is 5.41 Å². The fourth-order valence-corrected chi connectivity index (χ4v) is 2.23. The zero-order valence-electron chi connectivity index (χ0n) is 11.7. The largest absolute Gasteiger partial charge is 0.461 e. The Morgan fingerprint density at radius 1 is 1.45 bits per heavy atom. The van der Waals surface area contributed by atoms with Crippen molar-refractivity contribution >= 4 is 5.91 Å². The first kappa shape index (κ1) is 13.0. The monoisotopic (exact) mass is 274 g/mol. The second-order valence-corrected chi connectivity index (χ2v) is 5.74. The smallest absolute Gasteiger partial charge is 0.232 e. The molecule has 1 N–H and O–H groups in total. The zero-order chi connectivity index (χ0) is 14.2. The van der Waals surface area contributed by atoms with Gasteiger partial charge >= 0.3 is 0 Å². The summed E-state index contributed by atoms with van der Waals surface area (Å²) in [5.41, 5.74) is 0.202. The minimum atomic E-state index is -0.497. The van der Waals surface area contributed by atoms with Crippen molar-refractivity contribution in [2.24, 2.45) is 5.92 Å². The molecule has 5 nitrogen and oxygen atoms in total. The molecule has 0 atom stereocenters. The lowest BCUT2D eigenvalue weighted by molar-refractivity contribution is -0.123. The molecule has 2 aromatic rings. The summed E-state index contributed by atoms with van der Waals surface area (Å²) in [5, 5.41) is 7.04. The number of aromatic nitrogens is 1. The normalized spacial score (nSPS) is 16.4. The first-order valence-corrected chi connectivity index (χ1v) is 6.91. The van der Waals surface area contributed by atoms with E-state index in [-0.39, 0.29) is 5.91 Å². The van der Waals surface area contributed by atoms with Crippen LogP contribution in [0, 0.1) is 5.92 Å². The van der Waals surface area contributed by atoms with Crippen LogP contribution >= 0.6 is 0 Å². The number of furan rings is 1. The summed E-state index contributed by atoms with van der Waals surface area (Å²) < 4.78 is 10.6. The fourth-order valence-electron chi connectivity index (χ4n) is 2.23. The zero-order valence-corrected chi connectivity index (χ0v) is 11.7. The van der Waals surface area contributed by atoms with Crippen molar-refractivity contribution in [2.75, 3.05) is 6.54 Å². The lowest BCUT2D eigenvalue weighted by Gasteiger charge is -2.13. The van der Waals surface area contributed by atoms with Gasteiger partial charge in [-0.15, -0.1) is 0 Å². The Hall–Kier alpha value is -2.04. The van der Waals surface area contributed by atoms with Crippen LogP contribution in [0.2, 0.25) is 0 Å². The third kappa shape index (κ3) is 2.24. The molecule has 2 aromatic heterocycles. The van der Waals surface area contributed by atoms with Gasteiger partial charge in [-0.1, -0.05) is 19.0 Å². The van der Waals surface area contributed by atoms with Gasteiger partial charge < -0.3 is 14.3 Å². The minimum Gasteiger partial charge on any atom is -0.461 e. The van der Waals surface area contributed by atoms with Crippen molar-refractivity contribution in [3.8, 4) is 11.5 Å². The summed E-state index contributed by atoms with van der Waals surface area (Å²) in [4.78, 5) is 12.3. The van der Waals surface area contributed by atoms with Gasteiger partial charge in [0.1, 0.15) is 0 Å². The topological polar surface area (TPSA) is 68.3 Å². The first-order chi connectivity index (χ1) is 9.62. The molecule has 106 valence electrons. The van der Waals surface area contributed by atoms with Crippen molar-refractivity contribution in [3.63, 3.8) is 0 Å². The van der Waals surface area contributed by atoms with Crippen LogP contribution in [-0.2, 0) is 10.2 Å². The standard InChI is InChI=1S/C15H18N2O3/c1-10(2)9-16-14(18)15(5-6-15)13-8-12(20-17-13)11-4-3-7-19-11/h3-4,7-8,10H,5-6,9H2,1-2H3,(H,16,18). The Morgan fingerprint density at radius 3 is 2.85 bits per heavy atom. The maximum Gasteiger partial charge on any atom is 0.232 e. The summed E-state index contributed by atoms with van der Waals surface area (Å²) in [6.07, 6.45) is 3.22. The SMILES string of the molecule is CC(C)CNC(=O)C1(c2cc(-c3ccco3)on2)CC1. The van der Waals surface area contributed by atoms with E-state index in [1.165, 1.54) is 0 Å². The Morgan fingerprint density at radius 2 is 2.25 bits per heavy atom. The third-order valence-corrected chi connectivity index (χ3v) is 3.62. The molecule has 0 unspecified atom stereocenters. The van der Waals surface area contributed by atoms with E-state index in [4.69, 9.17) is 8.94 Å². The summed E-state index contributed by atoms with van der Waals surface area (Å²) in [7, 11) is 0. The Kier molecular flexibility index (Phi) is 3.12. The summed E-state index contributed by atoms with van der Waals surface area (Å²) in [6.45, 7) is 4.83. The quantitative estimate of drug-likeness (QED) is 0.910. The van der Waals surface area contributed by atoms with E-state index in [9.17, 15) is 4.79 Å². The number of nitrogens with one attached hydrogen (secondary N) is 1. The second-order valence-electron chi connectivity index (χ2n) is 5.74. The van der Waals surface area contributed by atoms with Gasteiger partial charge in [0.25, 0.3) is 0 Å². The lowest BCUT2D eigenvalue weighted by atomic mass is 10.0. The molecular formula is C15H18N2O3. The molecule has 1 amide bonds. The molecule has 0 saturated heterocycles. The van der Waals surface area contributed by atoms with Crippen LogP contribution in [0.3, 0.4) is 0 Å². The van der Waals surface area contributed by atoms with Gasteiger partial charge in [-0.05, 0) is 30.9 Å². The van der Waals surface area contributed by atoms with E-state index in [1.807, 2.05) is 6.07 Å². The molecule has 0 aromatic carbocycles. The molecule has 0 spiro atoms. The Balaban J connectivity index is 1.77. The molecule has 20 heavy (non-hydrogen) atoms. The Bertz CT molecular complexity index is 594. The predicted molar refractivity (Wildman–Crippen MR) is 73.0 cm³/mol. The Labute approximate surface area is 117 Å². The predicted octanol–water partition coefficient (Wildman–Crippen LogP) is 2.74. The van der Waals surface area contributed by atoms with Gasteiger partial charge in [0.15, 0.2) is 5.76 Å². The average Bonchev–Trinajstić information content (AvgIpc) is 2.89. The number of hydrogen-bond donors (Lipinski definition) is 1. The van der Waals surface area contributed by atoms with Gasteiger partial charge in [-0.2, -0.15) is 0 Å². The summed E-state index contributed by atoms with van der Waals surface area (Å²) in [6, 6.07) is 5.41. The number of amides is 1. The van der Waals surface area contributed by atoms with E-state index in [0.717, 1.165) is 12.8 Å². The van der Waals surface area contributed by atoms with Gasteiger partial charge in [0.05, 0.1) is 17.4 Å². The van der Waals surface area contributed by atoms with Crippen LogP contribution in [-0.4, -0.2) is 17.6 Å². The van der Waals surface area contributed by atoms with Crippen LogP contribution in [0.25, 0.3) is 11.5 Å². The van der Waals surface area contributed by atoms with Crippen molar-refractivity contribution in [1.29, 1.82) is 0 Å². The molecule has 1 fully saturated rings. The molecule has 0 aliphatic heterocycles. The second kappa shape index (κ2) is 4.81. The van der Waals surface area contributed by atoms with E-state index in [0.29, 0.717) is 29.7 Å². The minimum absolute atomic E-state index is 0.0468. The molecule has 0 bridgehead atoms. The summed E-state index contributed by atoms with van der Waals surface area (Å²) >= 11 is 0. The van der Waals surface area contributed by atoms with Crippen LogP contribution in [0.5, 0.6) is 0 Å². The number of rotatable bonds is 5. The van der Waals surface area contributed by atoms with Crippen molar-refractivity contribution < 1.29 is 13.7 Å². The molecule has 1 aliphatic carbocycles. The van der Waals surface area contributed by atoms with Crippen molar-refractivity contribution in [3.05, 3.63) is 30.2 Å². The number of carbonyl (C=O) groups is 1. The van der Waals surface area contributed by atoms with Gasteiger partial charge in [-0.3, -0.25) is 4.79 Å². The van der Waals surface area contributed by atoms with Gasteiger partial charge in [0.2, 0.25) is 11.7 Å². The maximum atomic E-state index is 12.3. The highest BCUT2D eigenvalue weighted by atomic mass is 16.5. The fraction of sp³-hybridized carbons (Fsp3) is 0.467. The molecule has 0 radical (unpaired) electrons. The number of carbonyl (C=O) groups excluding carboxylic acids is 1. The molecular weight excluding hydrogens is 256 g/mol. The molecule has 1 saturated carbocycles. The molecule has 5 heteroatoms. The van der Waals surface area contributed by atoms with Gasteiger partial charge in [0, 0.05) is 12.6 Å². The van der Waals surface area contributed by atoms with Crippen molar-refractivity contribution in [1.82, 2.24) is 10.5 Å². The highest BCUT2D eigenvalue weighted by Crippen LogP contribution is 2.48. The molecule has 2 heterocycles. The van der Waals surface area contributed by atoms with E-state index in [2.05, 4.69) is 24.3 Å². The third-order valence-electron chi connectivity index (χ3n) is 3.62. The lowest BCUT2D eigenvalue weighted by Crippen LogP contribution is -2.36. The van der Waals surface area contributed by atoms with Gasteiger partial charge in [-0.25, -0.2) is 0 Å². The summed E-state index contributed by atoms with van der Waals surface area (Å²) in [5.74, 6) is 1.67. The van der Waals surface area contributed by atoms with E-state index >= 15 is 0 Å². The van der Waals surface area contributed by atoms with Crippen LogP contribution in [0.1, 0.15) is 32.4 Å². The number of hydrogen-bond acceptors (Lipinski definition) is 4. The highest BCUT2D eigenvalue weighted by Gasteiger charge is 2.53.